The van der Waals surface area contributed by atoms with Crippen molar-refractivity contribution in [3.05, 3.63) is 29.5 Å². The second-order valence-electron chi connectivity index (χ2n) is 4.71. The summed E-state index contributed by atoms with van der Waals surface area (Å²) in [4.78, 5) is 8.32. The lowest BCUT2D eigenvalue weighted by atomic mass is 10.2. The number of halogens is 1. The molecule has 8 heteroatoms. The molecular weight excluding hydrogens is 324 g/mol. The third-order valence-electron chi connectivity index (χ3n) is 3.35. The van der Waals surface area contributed by atoms with Gasteiger partial charge >= 0.3 is 0 Å². The number of aromatic nitrogens is 2. The summed E-state index contributed by atoms with van der Waals surface area (Å²) in [5.74, 6) is 0.629. The molecule has 0 atom stereocenters. The van der Waals surface area contributed by atoms with Crippen molar-refractivity contribution in [1.29, 1.82) is 0 Å². The smallest absolute Gasteiger partial charge is 0.215 e. The Morgan fingerprint density at radius 3 is 2.64 bits per heavy atom. The topological polar surface area (TPSA) is 75.2 Å². The number of rotatable bonds is 7. The third kappa shape index (κ3) is 3.85. The molecule has 0 aliphatic carbocycles. The van der Waals surface area contributed by atoms with Gasteiger partial charge in [-0.3, -0.25) is 0 Å². The fourth-order valence-corrected chi connectivity index (χ4v) is 3.79. The van der Waals surface area contributed by atoms with Gasteiger partial charge in [-0.05, 0) is 18.2 Å². The summed E-state index contributed by atoms with van der Waals surface area (Å²) in [5.41, 5.74) is 0.719. The molecule has 120 valence electrons. The van der Waals surface area contributed by atoms with Crippen molar-refractivity contribution in [2.45, 2.75) is 13.8 Å². The maximum Gasteiger partial charge on any atom is 0.215 e. The maximum atomic E-state index is 12.1. The van der Waals surface area contributed by atoms with E-state index in [4.69, 9.17) is 11.6 Å². The Labute approximate surface area is 135 Å². The Bertz CT molecular complexity index is 748. The van der Waals surface area contributed by atoms with Crippen LogP contribution in [0.4, 0.5) is 5.82 Å². The molecule has 22 heavy (non-hydrogen) atoms. The van der Waals surface area contributed by atoms with Gasteiger partial charge in [-0.15, -0.1) is 0 Å². The number of fused-ring (bicyclic) bond motifs is 1. The highest BCUT2D eigenvalue weighted by molar-refractivity contribution is 7.89. The average Bonchev–Trinajstić information content (AvgIpc) is 2.47. The van der Waals surface area contributed by atoms with Gasteiger partial charge in [-0.25, -0.2) is 22.7 Å². The molecule has 0 bridgehead atoms. The van der Waals surface area contributed by atoms with Crippen LogP contribution in [0.15, 0.2) is 24.5 Å². The van der Waals surface area contributed by atoms with E-state index in [-0.39, 0.29) is 12.3 Å². The van der Waals surface area contributed by atoms with Crippen molar-refractivity contribution < 1.29 is 8.42 Å². The van der Waals surface area contributed by atoms with E-state index in [1.807, 2.05) is 19.9 Å². The lowest BCUT2D eigenvalue weighted by molar-refractivity contribution is 0.446. The molecule has 2 aromatic rings. The minimum absolute atomic E-state index is 0.0216. The minimum Gasteiger partial charge on any atom is -0.368 e. The second kappa shape index (κ2) is 7.21. The van der Waals surface area contributed by atoms with E-state index in [0.717, 1.165) is 10.9 Å². The zero-order valence-electron chi connectivity index (χ0n) is 12.6. The molecular formula is C14H19ClN4O2S. The number of hydrogen-bond donors (Lipinski definition) is 1. The van der Waals surface area contributed by atoms with Gasteiger partial charge in [-0.1, -0.05) is 25.4 Å². The lowest BCUT2D eigenvalue weighted by Gasteiger charge is -2.18. The lowest BCUT2D eigenvalue weighted by Crippen LogP contribution is -2.34. The molecule has 1 aromatic heterocycles. The molecule has 1 heterocycles. The van der Waals surface area contributed by atoms with Crippen molar-refractivity contribution in [1.82, 2.24) is 14.3 Å². The van der Waals surface area contributed by atoms with Crippen molar-refractivity contribution in [3.63, 3.8) is 0 Å². The van der Waals surface area contributed by atoms with Crippen LogP contribution >= 0.6 is 11.6 Å². The molecule has 0 spiro atoms. The van der Waals surface area contributed by atoms with E-state index < -0.39 is 10.0 Å². The molecule has 6 nitrogen and oxygen atoms in total. The first-order valence-corrected chi connectivity index (χ1v) is 9.08. The monoisotopic (exact) mass is 342 g/mol. The van der Waals surface area contributed by atoms with Crippen LogP contribution in [0, 0.1) is 0 Å². The van der Waals surface area contributed by atoms with E-state index >= 15 is 0 Å². The number of hydrogen-bond acceptors (Lipinski definition) is 5. The van der Waals surface area contributed by atoms with Crippen LogP contribution in [-0.4, -0.2) is 48.1 Å². The van der Waals surface area contributed by atoms with Crippen molar-refractivity contribution in [2.75, 3.05) is 30.7 Å². The van der Waals surface area contributed by atoms with E-state index in [1.165, 1.54) is 10.6 Å². The zero-order chi connectivity index (χ0) is 16.2. The largest absolute Gasteiger partial charge is 0.368 e. The van der Waals surface area contributed by atoms with Gasteiger partial charge in [0.05, 0.1) is 11.3 Å². The number of anilines is 1. The van der Waals surface area contributed by atoms with E-state index in [9.17, 15) is 8.42 Å². The molecule has 0 amide bonds. The van der Waals surface area contributed by atoms with Gasteiger partial charge in [-0.2, -0.15) is 0 Å². The van der Waals surface area contributed by atoms with Crippen LogP contribution in [0.2, 0.25) is 5.02 Å². The summed E-state index contributed by atoms with van der Waals surface area (Å²) in [5, 5.41) is 4.48. The number of sulfonamides is 1. The molecule has 0 aliphatic heterocycles. The molecule has 1 N–H and O–H groups in total. The van der Waals surface area contributed by atoms with E-state index in [0.29, 0.717) is 23.9 Å². The van der Waals surface area contributed by atoms with Crippen molar-refractivity contribution >= 4 is 38.3 Å². The number of nitrogens with zero attached hydrogens (tertiary/aromatic N) is 3. The van der Waals surface area contributed by atoms with Gasteiger partial charge in [0.1, 0.15) is 12.1 Å². The number of benzene rings is 1. The molecule has 1 aromatic carbocycles. The van der Waals surface area contributed by atoms with Crippen LogP contribution in [0.5, 0.6) is 0 Å². The highest BCUT2D eigenvalue weighted by atomic mass is 35.5. The molecule has 0 unspecified atom stereocenters. The third-order valence-corrected chi connectivity index (χ3v) is 5.61. The summed E-state index contributed by atoms with van der Waals surface area (Å²) < 4.78 is 25.7. The summed E-state index contributed by atoms with van der Waals surface area (Å²) in [6, 6.07) is 5.32. The average molecular weight is 343 g/mol. The van der Waals surface area contributed by atoms with Crippen LogP contribution in [-0.2, 0) is 10.0 Å². The Balaban J connectivity index is 2.10. The van der Waals surface area contributed by atoms with E-state index in [2.05, 4.69) is 15.3 Å². The normalized spacial score (nSPS) is 12.0. The quantitative estimate of drug-likeness (QED) is 0.836. The predicted octanol–water partition coefficient (Wildman–Crippen LogP) is 2.37. The summed E-state index contributed by atoms with van der Waals surface area (Å²) in [6.07, 6.45) is 1.43. The molecule has 0 radical (unpaired) electrons. The molecule has 0 saturated carbocycles. The Morgan fingerprint density at radius 2 is 1.95 bits per heavy atom. The van der Waals surface area contributed by atoms with Crippen molar-refractivity contribution in [3.8, 4) is 0 Å². The standard InChI is InChI=1S/C14H19ClN4O2S/c1-3-19(4-2)22(20,21)8-7-16-14-12-6-5-11(15)9-13(12)17-10-18-14/h5-6,9-10H,3-4,7-8H2,1-2H3,(H,16,17,18). The Kier molecular flexibility index (Phi) is 5.55. The molecule has 0 saturated heterocycles. The number of nitrogens with one attached hydrogen (secondary N) is 1. The van der Waals surface area contributed by atoms with Gasteiger partial charge in [0.2, 0.25) is 10.0 Å². The highest BCUT2D eigenvalue weighted by Crippen LogP contribution is 2.22. The minimum atomic E-state index is -3.25. The van der Waals surface area contributed by atoms with Gasteiger partial charge < -0.3 is 5.32 Å². The summed E-state index contributed by atoms with van der Waals surface area (Å²) >= 11 is 5.94. The van der Waals surface area contributed by atoms with Crippen LogP contribution < -0.4 is 5.32 Å². The molecule has 0 fully saturated rings. The van der Waals surface area contributed by atoms with Crippen LogP contribution in [0.1, 0.15) is 13.8 Å². The Hall–Kier alpha value is -1.44. The van der Waals surface area contributed by atoms with Gasteiger partial charge in [0.25, 0.3) is 0 Å². The summed E-state index contributed by atoms with van der Waals surface area (Å²) in [7, 11) is -3.25. The maximum absolute atomic E-state index is 12.1. The molecule has 2 rings (SSSR count). The van der Waals surface area contributed by atoms with E-state index in [1.54, 1.807) is 12.1 Å². The van der Waals surface area contributed by atoms with Gasteiger partial charge in [0, 0.05) is 30.0 Å². The fourth-order valence-electron chi connectivity index (χ4n) is 2.22. The molecule has 0 aliphatic rings. The Morgan fingerprint density at radius 1 is 1.23 bits per heavy atom. The first-order chi connectivity index (χ1) is 10.5. The highest BCUT2D eigenvalue weighted by Gasteiger charge is 2.18. The zero-order valence-corrected chi connectivity index (χ0v) is 14.2. The first kappa shape index (κ1) is 16.9. The second-order valence-corrected chi connectivity index (χ2v) is 7.24. The van der Waals surface area contributed by atoms with Crippen LogP contribution in [0.25, 0.3) is 10.9 Å². The fraction of sp³-hybridized carbons (Fsp3) is 0.429. The van der Waals surface area contributed by atoms with Crippen molar-refractivity contribution in [2.24, 2.45) is 0 Å². The SMILES string of the molecule is CCN(CC)S(=O)(=O)CCNc1ncnc2cc(Cl)ccc12. The van der Waals surface area contributed by atoms with Gasteiger partial charge in [0.15, 0.2) is 0 Å². The summed E-state index contributed by atoms with van der Waals surface area (Å²) in [6.45, 7) is 4.90. The van der Waals surface area contributed by atoms with Crippen LogP contribution in [0.3, 0.4) is 0 Å². The predicted molar refractivity (Wildman–Crippen MR) is 89.7 cm³/mol. The first-order valence-electron chi connectivity index (χ1n) is 7.10.